The highest BCUT2D eigenvalue weighted by atomic mass is 35.5. The number of alkyl halides is 3. The van der Waals surface area contributed by atoms with Gasteiger partial charge >= 0.3 is 12.1 Å². The molecule has 0 aromatic carbocycles. The lowest BCUT2D eigenvalue weighted by Crippen LogP contribution is -2.55. The topological polar surface area (TPSA) is 29.5 Å². The monoisotopic (exact) mass is 353 g/mol. The first-order chi connectivity index (χ1) is 10.2. The molecule has 8 heteroatoms. The Bertz CT molecular complexity index is 603. The minimum atomic E-state index is -4.83. The van der Waals surface area contributed by atoms with Gasteiger partial charge in [-0.1, -0.05) is 11.6 Å². The Morgan fingerprint density at radius 3 is 2.91 bits per heavy atom. The Morgan fingerprint density at radius 2 is 2.27 bits per heavy atom. The maximum atomic E-state index is 12.6. The number of fused-ring (bicyclic) bond motifs is 2. The van der Waals surface area contributed by atoms with Gasteiger partial charge in [0.15, 0.2) is 0 Å². The van der Waals surface area contributed by atoms with E-state index >= 15 is 0 Å². The molecule has 1 spiro atoms. The Labute approximate surface area is 135 Å². The minimum Gasteiger partial charge on any atom is -0.369 e. The third kappa shape index (κ3) is 2.63. The highest BCUT2D eigenvalue weighted by molar-refractivity contribution is 7.16. The highest BCUT2D eigenvalue weighted by Gasteiger charge is 2.50. The summed E-state index contributed by atoms with van der Waals surface area (Å²) >= 11 is 7.51. The number of hydrogen-bond acceptors (Lipinski definition) is 3. The Kier molecular flexibility index (Phi) is 3.94. The average Bonchev–Trinajstić information content (AvgIpc) is 2.79. The van der Waals surface area contributed by atoms with Crippen LogP contribution >= 0.6 is 22.9 Å². The number of carbonyl (C=O) groups excluding carboxylic acids is 1. The molecule has 1 fully saturated rings. The van der Waals surface area contributed by atoms with Crippen molar-refractivity contribution in [2.24, 2.45) is 0 Å². The van der Waals surface area contributed by atoms with Crippen LogP contribution in [0.3, 0.4) is 0 Å². The summed E-state index contributed by atoms with van der Waals surface area (Å²) in [6.07, 6.45) is -3.34. The summed E-state index contributed by atoms with van der Waals surface area (Å²) in [7, 11) is 0. The van der Waals surface area contributed by atoms with Crippen molar-refractivity contribution in [2.75, 3.05) is 13.2 Å². The van der Waals surface area contributed by atoms with Gasteiger partial charge in [0.2, 0.25) is 0 Å². The summed E-state index contributed by atoms with van der Waals surface area (Å²) in [6.45, 7) is 2.20. The predicted octanol–water partition coefficient (Wildman–Crippen LogP) is 3.74. The van der Waals surface area contributed by atoms with E-state index in [1.165, 1.54) is 11.3 Å². The molecule has 0 aliphatic carbocycles. The van der Waals surface area contributed by atoms with Crippen LogP contribution in [0.4, 0.5) is 13.2 Å². The van der Waals surface area contributed by atoms with Gasteiger partial charge in [-0.05, 0) is 31.4 Å². The number of piperidine rings is 1. The summed E-state index contributed by atoms with van der Waals surface area (Å²) in [5.41, 5.74) is 0.511. The number of carbonyl (C=O) groups is 1. The first-order valence-corrected chi connectivity index (χ1v) is 8.23. The molecule has 0 saturated carbocycles. The molecule has 2 atom stereocenters. The van der Waals surface area contributed by atoms with E-state index in [2.05, 4.69) is 0 Å². The van der Waals surface area contributed by atoms with E-state index in [0.717, 1.165) is 21.8 Å². The molecule has 3 nitrogen and oxygen atoms in total. The van der Waals surface area contributed by atoms with Gasteiger partial charge in [0.25, 0.3) is 0 Å². The summed E-state index contributed by atoms with van der Waals surface area (Å²) in [6, 6.07) is 1.37. The molecule has 1 saturated heterocycles. The molecule has 22 heavy (non-hydrogen) atoms. The van der Waals surface area contributed by atoms with E-state index in [4.69, 9.17) is 16.3 Å². The second kappa shape index (κ2) is 5.39. The molecule has 0 N–H and O–H groups in total. The van der Waals surface area contributed by atoms with Crippen LogP contribution in [-0.4, -0.2) is 36.2 Å². The Hall–Kier alpha value is -0.790. The van der Waals surface area contributed by atoms with E-state index in [-0.39, 0.29) is 6.54 Å². The van der Waals surface area contributed by atoms with E-state index in [1.54, 1.807) is 6.92 Å². The zero-order chi connectivity index (χ0) is 16.1. The number of likely N-dealkylation sites (tertiary alicyclic amines) is 1. The SMILES string of the molecule is C[C@H]1C[C@@]2(CCN1C(=O)C(F)(F)F)OCCc1cc(Cl)sc12. The second-order valence-electron chi connectivity index (χ2n) is 5.80. The third-order valence-corrected chi connectivity index (χ3v) is 5.85. The molecule has 3 rings (SSSR count). The summed E-state index contributed by atoms with van der Waals surface area (Å²) in [5.74, 6) is -1.77. The van der Waals surface area contributed by atoms with Gasteiger partial charge in [-0.25, -0.2) is 0 Å². The van der Waals surface area contributed by atoms with Crippen molar-refractivity contribution in [3.8, 4) is 0 Å². The standard InChI is InChI=1S/C14H15ClF3NO2S/c1-8-7-13(3-4-19(8)12(20)14(16,17)18)11-9(2-5-21-13)6-10(15)22-11/h6,8H,2-5,7H2,1H3/t8-,13+/m0/s1. The predicted molar refractivity (Wildman–Crippen MR) is 77.1 cm³/mol. The maximum absolute atomic E-state index is 12.6. The fraction of sp³-hybridized carbons (Fsp3) is 0.643. The van der Waals surface area contributed by atoms with Gasteiger partial charge in [-0.15, -0.1) is 11.3 Å². The summed E-state index contributed by atoms with van der Waals surface area (Å²) < 4.78 is 44.6. The molecule has 0 bridgehead atoms. The van der Waals surface area contributed by atoms with E-state index in [9.17, 15) is 18.0 Å². The zero-order valence-electron chi connectivity index (χ0n) is 11.9. The second-order valence-corrected chi connectivity index (χ2v) is 7.48. The zero-order valence-corrected chi connectivity index (χ0v) is 13.4. The van der Waals surface area contributed by atoms with E-state index in [1.807, 2.05) is 6.07 Å². The number of hydrogen-bond donors (Lipinski definition) is 0. The van der Waals surface area contributed by atoms with Gasteiger partial charge in [0.05, 0.1) is 10.9 Å². The lowest BCUT2D eigenvalue weighted by Gasteiger charge is -2.47. The molecular weight excluding hydrogens is 339 g/mol. The first kappa shape index (κ1) is 16.1. The fourth-order valence-corrected chi connectivity index (χ4v) is 4.88. The smallest absolute Gasteiger partial charge is 0.369 e. The maximum Gasteiger partial charge on any atom is 0.471 e. The van der Waals surface area contributed by atoms with Crippen LogP contribution in [0.5, 0.6) is 0 Å². The number of nitrogens with zero attached hydrogens (tertiary/aromatic N) is 1. The number of rotatable bonds is 0. The van der Waals surface area contributed by atoms with Gasteiger partial charge in [-0.2, -0.15) is 13.2 Å². The molecular formula is C14H15ClF3NO2S. The molecule has 1 amide bonds. The van der Waals surface area contributed by atoms with Crippen molar-refractivity contribution in [2.45, 2.75) is 44.0 Å². The Balaban J connectivity index is 1.85. The molecule has 2 aliphatic rings. The molecule has 0 radical (unpaired) electrons. The summed E-state index contributed by atoms with van der Waals surface area (Å²) in [5, 5.41) is 0. The average molecular weight is 354 g/mol. The molecule has 3 heterocycles. The van der Waals surface area contributed by atoms with Crippen LogP contribution in [0.2, 0.25) is 4.34 Å². The van der Waals surface area contributed by atoms with Crippen molar-refractivity contribution >= 4 is 28.8 Å². The van der Waals surface area contributed by atoms with Crippen molar-refractivity contribution < 1.29 is 22.7 Å². The number of amides is 1. The van der Waals surface area contributed by atoms with Gasteiger partial charge < -0.3 is 9.64 Å². The van der Waals surface area contributed by atoms with Crippen LogP contribution < -0.4 is 0 Å². The molecule has 1 aromatic rings. The van der Waals surface area contributed by atoms with Crippen LogP contribution in [0, 0.1) is 0 Å². The van der Waals surface area contributed by atoms with Crippen LogP contribution in [0.15, 0.2) is 6.07 Å². The molecule has 1 aromatic heterocycles. The fourth-order valence-electron chi connectivity index (χ4n) is 3.40. The number of thiophene rings is 1. The Morgan fingerprint density at radius 1 is 1.55 bits per heavy atom. The molecule has 2 aliphatic heterocycles. The van der Waals surface area contributed by atoms with Crippen molar-refractivity contribution in [1.82, 2.24) is 4.90 Å². The quantitative estimate of drug-likeness (QED) is 0.711. The number of ether oxygens (including phenoxy) is 1. The van der Waals surface area contributed by atoms with Crippen molar-refractivity contribution in [3.05, 3.63) is 20.8 Å². The lowest BCUT2D eigenvalue weighted by atomic mass is 9.82. The van der Waals surface area contributed by atoms with Crippen LogP contribution in [0.25, 0.3) is 0 Å². The minimum absolute atomic E-state index is 0.0362. The number of halogens is 4. The lowest BCUT2D eigenvalue weighted by molar-refractivity contribution is -0.194. The third-order valence-electron chi connectivity index (χ3n) is 4.36. The normalized spacial score (nSPS) is 28.8. The van der Waals surface area contributed by atoms with Gasteiger partial charge in [0, 0.05) is 23.9 Å². The first-order valence-electron chi connectivity index (χ1n) is 7.03. The van der Waals surface area contributed by atoms with E-state index in [0.29, 0.717) is 23.8 Å². The summed E-state index contributed by atoms with van der Waals surface area (Å²) in [4.78, 5) is 13.4. The molecule has 0 unspecified atom stereocenters. The van der Waals surface area contributed by atoms with Gasteiger partial charge in [0.1, 0.15) is 5.60 Å². The van der Waals surface area contributed by atoms with Crippen LogP contribution in [0.1, 0.15) is 30.2 Å². The van der Waals surface area contributed by atoms with E-state index < -0.39 is 23.7 Å². The molecule has 122 valence electrons. The largest absolute Gasteiger partial charge is 0.471 e. The van der Waals surface area contributed by atoms with Crippen LogP contribution in [-0.2, 0) is 21.6 Å². The van der Waals surface area contributed by atoms with Crippen molar-refractivity contribution in [3.63, 3.8) is 0 Å². The highest BCUT2D eigenvalue weighted by Crippen LogP contribution is 2.48. The van der Waals surface area contributed by atoms with Crippen molar-refractivity contribution in [1.29, 1.82) is 0 Å². The van der Waals surface area contributed by atoms with Gasteiger partial charge in [-0.3, -0.25) is 4.79 Å².